The van der Waals surface area contributed by atoms with E-state index in [1.165, 1.54) is 0 Å². The molecule has 2 heterocycles. The first-order valence-corrected chi connectivity index (χ1v) is 7.20. The van der Waals surface area contributed by atoms with Crippen LogP contribution in [0.4, 0.5) is 0 Å². The van der Waals surface area contributed by atoms with Gasteiger partial charge < -0.3 is 14.2 Å². The molecular weight excluding hydrogens is 284 g/mol. The number of nitrogens with zero attached hydrogens (tertiary/aromatic N) is 6. The number of aromatic nitrogens is 5. The van der Waals surface area contributed by atoms with Crippen molar-refractivity contribution in [3.63, 3.8) is 0 Å². The molecule has 0 aliphatic carbocycles. The lowest BCUT2D eigenvalue weighted by atomic mass is 10.3. The van der Waals surface area contributed by atoms with Gasteiger partial charge in [0, 0.05) is 39.9 Å². The number of rotatable bonds is 8. The Kier molecular flexibility index (Phi) is 5.65. The number of methoxy groups -OCH3 is 1. The maximum atomic E-state index is 12.2. The second-order valence-corrected chi connectivity index (χ2v) is 5.15. The normalized spacial score (nSPS) is 10.9. The van der Waals surface area contributed by atoms with E-state index in [4.69, 9.17) is 4.74 Å². The van der Waals surface area contributed by atoms with Crippen molar-refractivity contribution in [3.05, 3.63) is 30.1 Å². The Morgan fingerprint density at radius 1 is 1.41 bits per heavy atom. The predicted octanol–water partition coefficient (Wildman–Crippen LogP) is 0.478. The van der Waals surface area contributed by atoms with Gasteiger partial charge in [0.05, 0.1) is 18.8 Å². The quantitative estimate of drug-likeness (QED) is 0.709. The first kappa shape index (κ1) is 16.2. The van der Waals surface area contributed by atoms with Crippen molar-refractivity contribution in [2.24, 2.45) is 0 Å². The molecule has 0 aromatic carbocycles. The molecule has 0 aliphatic rings. The van der Waals surface area contributed by atoms with Gasteiger partial charge in [-0.1, -0.05) is 0 Å². The molecule has 8 heteroatoms. The number of hydrogen-bond acceptors (Lipinski definition) is 5. The summed E-state index contributed by atoms with van der Waals surface area (Å²) in [5.41, 5.74) is 0.951. The molecule has 2 rings (SSSR count). The largest absolute Gasteiger partial charge is 0.383 e. The molecule has 2 aromatic rings. The highest BCUT2D eigenvalue weighted by molar-refractivity contribution is 5.75. The van der Waals surface area contributed by atoms with Crippen molar-refractivity contribution in [1.82, 2.24) is 29.4 Å². The number of carbonyl (C=O) groups is 1. The highest BCUT2D eigenvalue weighted by atomic mass is 16.5. The average molecular weight is 306 g/mol. The van der Waals surface area contributed by atoms with Crippen LogP contribution < -0.4 is 0 Å². The summed E-state index contributed by atoms with van der Waals surface area (Å²) in [6.45, 7) is 4.19. The molecule has 0 radical (unpaired) electrons. The highest BCUT2D eigenvalue weighted by Gasteiger charge is 2.13. The van der Waals surface area contributed by atoms with Crippen LogP contribution in [-0.4, -0.2) is 56.1 Å². The van der Waals surface area contributed by atoms with E-state index >= 15 is 0 Å². The first-order chi connectivity index (χ1) is 10.6. The molecule has 0 unspecified atom stereocenters. The van der Waals surface area contributed by atoms with Crippen LogP contribution in [0.25, 0.3) is 0 Å². The van der Waals surface area contributed by atoms with E-state index in [-0.39, 0.29) is 5.91 Å². The summed E-state index contributed by atoms with van der Waals surface area (Å²) < 4.78 is 8.72. The summed E-state index contributed by atoms with van der Waals surface area (Å²) in [5.74, 6) is 0.803. The average Bonchev–Trinajstić information content (AvgIpc) is 3.11. The molecular formula is C14H22N6O2. The van der Waals surface area contributed by atoms with E-state index in [1.54, 1.807) is 30.1 Å². The topological polar surface area (TPSA) is 78.1 Å². The zero-order chi connectivity index (χ0) is 15.9. The molecule has 0 atom stereocenters. The van der Waals surface area contributed by atoms with Crippen molar-refractivity contribution < 1.29 is 9.53 Å². The lowest BCUT2D eigenvalue weighted by Crippen LogP contribution is -2.28. The van der Waals surface area contributed by atoms with E-state index in [1.807, 2.05) is 23.8 Å². The van der Waals surface area contributed by atoms with Crippen LogP contribution in [0.15, 0.2) is 18.6 Å². The fourth-order valence-corrected chi connectivity index (χ4v) is 2.07. The standard InChI is InChI=1S/C14H22N6O2/c1-12-4-6-20(17-12)7-5-14(21)18(2)10-13-16-15-11-19(13)8-9-22-3/h4,6,11H,5,7-10H2,1-3H3. The van der Waals surface area contributed by atoms with Crippen LogP contribution in [0.1, 0.15) is 17.9 Å². The minimum atomic E-state index is 0.0504. The second-order valence-electron chi connectivity index (χ2n) is 5.15. The summed E-state index contributed by atoms with van der Waals surface area (Å²) in [4.78, 5) is 13.8. The zero-order valence-electron chi connectivity index (χ0n) is 13.3. The van der Waals surface area contributed by atoms with E-state index in [9.17, 15) is 4.79 Å². The zero-order valence-corrected chi connectivity index (χ0v) is 13.3. The first-order valence-electron chi connectivity index (χ1n) is 7.20. The van der Waals surface area contributed by atoms with Crippen LogP contribution >= 0.6 is 0 Å². The molecule has 0 saturated carbocycles. The summed E-state index contributed by atoms with van der Waals surface area (Å²) in [6.07, 6.45) is 3.94. The maximum Gasteiger partial charge on any atom is 0.224 e. The maximum absolute atomic E-state index is 12.2. The van der Waals surface area contributed by atoms with Crippen molar-refractivity contribution in [2.45, 2.75) is 33.0 Å². The van der Waals surface area contributed by atoms with Crippen molar-refractivity contribution in [1.29, 1.82) is 0 Å². The van der Waals surface area contributed by atoms with Gasteiger partial charge in [0.15, 0.2) is 5.82 Å². The summed E-state index contributed by atoms with van der Waals surface area (Å²) in [5, 5.41) is 12.2. The van der Waals surface area contributed by atoms with E-state index in [0.29, 0.717) is 32.7 Å². The van der Waals surface area contributed by atoms with Gasteiger partial charge in [-0.2, -0.15) is 5.10 Å². The molecule has 2 aromatic heterocycles. The minimum absolute atomic E-state index is 0.0504. The van der Waals surface area contributed by atoms with Gasteiger partial charge in [0.25, 0.3) is 0 Å². The third-order valence-electron chi connectivity index (χ3n) is 3.37. The monoisotopic (exact) mass is 306 g/mol. The number of hydrogen-bond donors (Lipinski definition) is 0. The van der Waals surface area contributed by atoms with Crippen molar-refractivity contribution in [2.75, 3.05) is 20.8 Å². The minimum Gasteiger partial charge on any atom is -0.383 e. The van der Waals surface area contributed by atoms with Crippen LogP contribution in [0.2, 0.25) is 0 Å². The molecule has 0 bridgehead atoms. The lowest BCUT2D eigenvalue weighted by Gasteiger charge is -2.17. The Morgan fingerprint density at radius 2 is 2.23 bits per heavy atom. The molecule has 8 nitrogen and oxygen atoms in total. The molecule has 0 aliphatic heterocycles. The van der Waals surface area contributed by atoms with Gasteiger partial charge in [0.2, 0.25) is 5.91 Å². The lowest BCUT2D eigenvalue weighted by molar-refractivity contribution is -0.130. The third kappa shape index (κ3) is 4.39. The molecule has 1 amide bonds. The van der Waals surface area contributed by atoms with Crippen LogP contribution in [0, 0.1) is 6.92 Å². The molecule has 0 fully saturated rings. The highest BCUT2D eigenvalue weighted by Crippen LogP contribution is 2.03. The number of carbonyl (C=O) groups excluding carboxylic acids is 1. The van der Waals surface area contributed by atoms with Crippen LogP contribution in [-0.2, 0) is 29.2 Å². The summed E-state index contributed by atoms with van der Waals surface area (Å²) >= 11 is 0. The Hall–Kier alpha value is -2.22. The number of aryl methyl sites for hydroxylation is 2. The van der Waals surface area contributed by atoms with Crippen molar-refractivity contribution in [3.8, 4) is 0 Å². The van der Waals surface area contributed by atoms with Gasteiger partial charge in [-0.25, -0.2) is 0 Å². The van der Waals surface area contributed by atoms with E-state index < -0.39 is 0 Å². The van der Waals surface area contributed by atoms with Crippen LogP contribution in [0.5, 0.6) is 0 Å². The number of ether oxygens (including phenoxy) is 1. The van der Waals surface area contributed by atoms with E-state index in [0.717, 1.165) is 11.5 Å². The smallest absolute Gasteiger partial charge is 0.224 e. The SMILES string of the molecule is COCCn1cnnc1CN(C)C(=O)CCn1ccc(C)n1. The second kappa shape index (κ2) is 7.69. The van der Waals surface area contributed by atoms with Gasteiger partial charge in [-0.15, -0.1) is 10.2 Å². The fraction of sp³-hybridized carbons (Fsp3) is 0.571. The van der Waals surface area contributed by atoms with E-state index in [2.05, 4.69) is 15.3 Å². The Balaban J connectivity index is 1.84. The van der Waals surface area contributed by atoms with Gasteiger partial charge in [-0.05, 0) is 13.0 Å². The van der Waals surface area contributed by atoms with Gasteiger partial charge in [0.1, 0.15) is 6.33 Å². The Morgan fingerprint density at radius 3 is 2.91 bits per heavy atom. The third-order valence-corrected chi connectivity index (χ3v) is 3.37. The summed E-state index contributed by atoms with van der Waals surface area (Å²) in [7, 11) is 3.42. The summed E-state index contributed by atoms with van der Waals surface area (Å²) in [6, 6.07) is 1.92. The molecule has 0 N–H and O–H groups in total. The van der Waals surface area contributed by atoms with Gasteiger partial charge >= 0.3 is 0 Å². The predicted molar refractivity (Wildman–Crippen MR) is 80.0 cm³/mol. The molecule has 0 saturated heterocycles. The van der Waals surface area contributed by atoms with Crippen molar-refractivity contribution >= 4 is 5.91 Å². The molecule has 22 heavy (non-hydrogen) atoms. The molecule has 0 spiro atoms. The molecule has 120 valence electrons. The Bertz CT molecular complexity index is 606. The fourth-order valence-electron chi connectivity index (χ4n) is 2.07. The van der Waals surface area contributed by atoms with Crippen LogP contribution in [0.3, 0.4) is 0 Å². The number of amides is 1. The Labute approximate surface area is 129 Å². The van der Waals surface area contributed by atoms with Gasteiger partial charge in [-0.3, -0.25) is 9.48 Å².